The molecule has 0 atom stereocenters. The lowest BCUT2D eigenvalue weighted by molar-refractivity contribution is 0.627. The first-order valence-corrected chi connectivity index (χ1v) is 6.91. The molecule has 106 valence electrons. The molecule has 0 aliphatic rings. The van der Waals surface area contributed by atoms with E-state index >= 15 is 0 Å². The van der Waals surface area contributed by atoms with Crippen LogP contribution in [0.25, 0.3) is 5.69 Å². The number of aromatic nitrogens is 2. The zero-order valence-corrected chi connectivity index (χ0v) is 12.2. The van der Waals surface area contributed by atoms with Crippen LogP contribution in [0, 0.1) is 12.7 Å². The van der Waals surface area contributed by atoms with E-state index in [-0.39, 0.29) is 5.82 Å². The zero-order chi connectivity index (χ0) is 14.5. The highest BCUT2D eigenvalue weighted by molar-refractivity contribution is 5.48. The summed E-state index contributed by atoms with van der Waals surface area (Å²) in [6.45, 7) is 6.22. The first kappa shape index (κ1) is 14.3. The first-order chi connectivity index (χ1) is 9.63. The van der Waals surface area contributed by atoms with E-state index < -0.39 is 0 Å². The van der Waals surface area contributed by atoms with Crippen molar-refractivity contribution in [2.24, 2.45) is 0 Å². The molecule has 0 amide bonds. The van der Waals surface area contributed by atoms with E-state index in [1.807, 2.05) is 19.2 Å². The van der Waals surface area contributed by atoms with E-state index in [4.69, 9.17) is 0 Å². The summed E-state index contributed by atoms with van der Waals surface area (Å²) in [6.07, 6.45) is 4.07. The van der Waals surface area contributed by atoms with Crippen molar-refractivity contribution in [3.05, 3.63) is 53.6 Å². The average molecular weight is 273 g/mol. The van der Waals surface area contributed by atoms with Gasteiger partial charge in [-0.05, 0) is 44.0 Å². The molecule has 0 saturated carbocycles. The standard InChI is InChI=1S/C16H20FN3/c1-4-13(5-2)11-18-16-10-12(3)19-20(16)15-8-6-14(17)7-9-15/h6-11,18H,4-5H2,1-3H3. The van der Waals surface area contributed by atoms with E-state index in [2.05, 4.69) is 24.3 Å². The van der Waals surface area contributed by atoms with Crippen LogP contribution < -0.4 is 5.32 Å². The number of nitrogens with one attached hydrogen (secondary N) is 1. The van der Waals surface area contributed by atoms with Crippen molar-refractivity contribution in [2.45, 2.75) is 33.6 Å². The molecule has 0 bridgehead atoms. The Kier molecular flexibility index (Phi) is 4.56. The largest absolute Gasteiger partial charge is 0.347 e. The lowest BCUT2D eigenvalue weighted by Gasteiger charge is -2.08. The normalized spacial score (nSPS) is 10.4. The Hall–Kier alpha value is -2.10. The third-order valence-corrected chi connectivity index (χ3v) is 3.24. The molecule has 2 aromatic rings. The highest BCUT2D eigenvalue weighted by Gasteiger charge is 2.06. The zero-order valence-electron chi connectivity index (χ0n) is 12.2. The van der Waals surface area contributed by atoms with Gasteiger partial charge in [-0.1, -0.05) is 19.4 Å². The molecule has 0 spiro atoms. The van der Waals surface area contributed by atoms with Crippen molar-refractivity contribution in [3.8, 4) is 5.69 Å². The Balaban J connectivity index is 2.31. The molecule has 1 N–H and O–H groups in total. The van der Waals surface area contributed by atoms with Gasteiger partial charge in [0.25, 0.3) is 0 Å². The van der Waals surface area contributed by atoms with Crippen molar-refractivity contribution in [1.82, 2.24) is 9.78 Å². The van der Waals surface area contributed by atoms with Gasteiger partial charge in [-0.15, -0.1) is 0 Å². The quantitative estimate of drug-likeness (QED) is 0.873. The molecule has 0 fully saturated rings. The Morgan fingerprint density at radius 3 is 2.50 bits per heavy atom. The van der Waals surface area contributed by atoms with Crippen LogP contribution in [0.3, 0.4) is 0 Å². The molecule has 4 heteroatoms. The van der Waals surface area contributed by atoms with Crippen LogP contribution in [0.2, 0.25) is 0 Å². The number of hydrogen-bond acceptors (Lipinski definition) is 2. The second kappa shape index (κ2) is 6.37. The summed E-state index contributed by atoms with van der Waals surface area (Å²) in [5, 5.41) is 7.74. The van der Waals surface area contributed by atoms with Crippen LogP contribution in [-0.4, -0.2) is 9.78 Å². The molecule has 0 radical (unpaired) electrons. The van der Waals surface area contributed by atoms with Gasteiger partial charge >= 0.3 is 0 Å². The number of halogens is 1. The Morgan fingerprint density at radius 2 is 1.90 bits per heavy atom. The van der Waals surface area contributed by atoms with E-state index in [1.54, 1.807) is 16.8 Å². The van der Waals surface area contributed by atoms with Crippen LogP contribution in [0.15, 0.2) is 42.1 Å². The summed E-state index contributed by atoms with van der Waals surface area (Å²) in [5.74, 6) is 0.639. The summed E-state index contributed by atoms with van der Waals surface area (Å²) in [6, 6.07) is 8.29. The van der Waals surface area contributed by atoms with Crippen molar-refractivity contribution < 1.29 is 4.39 Å². The number of nitrogens with zero attached hydrogens (tertiary/aromatic N) is 2. The molecule has 0 saturated heterocycles. The van der Waals surface area contributed by atoms with Gasteiger partial charge in [-0.25, -0.2) is 9.07 Å². The second-order valence-electron chi connectivity index (χ2n) is 4.71. The monoisotopic (exact) mass is 273 g/mol. The van der Waals surface area contributed by atoms with Gasteiger partial charge < -0.3 is 5.32 Å². The third-order valence-electron chi connectivity index (χ3n) is 3.24. The van der Waals surface area contributed by atoms with Gasteiger partial charge in [0.1, 0.15) is 11.6 Å². The molecule has 0 unspecified atom stereocenters. The minimum absolute atomic E-state index is 0.244. The molecule has 2 rings (SSSR count). The lowest BCUT2D eigenvalue weighted by atomic mass is 10.2. The Labute approximate surface area is 119 Å². The van der Waals surface area contributed by atoms with Crippen LogP contribution in [0.5, 0.6) is 0 Å². The smallest absolute Gasteiger partial charge is 0.133 e. The fraction of sp³-hybridized carbons (Fsp3) is 0.312. The summed E-state index contributed by atoms with van der Waals surface area (Å²) in [7, 11) is 0. The van der Waals surface area contributed by atoms with Crippen LogP contribution in [0.4, 0.5) is 10.2 Å². The van der Waals surface area contributed by atoms with Crippen molar-refractivity contribution in [1.29, 1.82) is 0 Å². The minimum atomic E-state index is -0.244. The SMILES string of the molecule is CCC(=CNc1cc(C)nn1-c1ccc(F)cc1)CC. The molecular weight excluding hydrogens is 253 g/mol. The van der Waals surface area contributed by atoms with Gasteiger partial charge in [-0.3, -0.25) is 0 Å². The third kappa shape index (κ3) is 3.26. The predicted octanol–water partition coefficient (Wildman–Crippen LogP) is 4.44. The predicted molar refractivity (Wildman–Crippen MR) is 80.5 cm³/mol. The molecule has 3 nitrogen and oxygen atoms in total. The van der Waals surface area contributed by atoms with Gasteiger partial charge in [0.2, 0.25) is 0 Å². The summed E-state index contributed by atoms with van der Waals surface area (Å²) < 4.78 is 14.8. The topological polar surface area (TPSA) is 29.9 Å². The van der Waals surface area contributed by atoms with E-state index in [0.29, 0.717) is 0 Å². The fourth-order valence-electron chi connectivity index (χ4n) is 2.01. The summed E-state index contributed by atoms with van der Waals surface area (Å²) >= 11 is 0. The van der Waals surface area contributed by atoms with Crippen LogP contribution in [-0.2, 0) is 0 Å². The Bertz CT molecular complexity index is 591. The maximum Gasteiger partial charge on any atom is 0.133 e. The number of rotatable bonds is 5. The molecule has 0 aliphatic carbocycles. The number of benzene rings is 1. The van der Waals surface area contributed by atoms with E-state index in [9.17, 15) is 4.39 Å². The molecule has 0 aliphatic heterocycles. The highest BCUT2D eigenvalue weighted by Crippen LogP contribution is 2.18. The average Bonchev–Trinajstić information content (AvgIpc) is 2.82. The van der Waals surface area contributed by atoms with Gasteiger partial charge in [0, 0.05) is 12.3 Å². The first-order valence-electron chi connectivity index (χ1n) is 6.91. The summed E-state index contributed by atoms with van der Waals surface area (Å²) in [4.78, 5) is 0. The molecule has 1 aromatic carbocycles. The van der Waals surface area contributed by atoms with Crippen LogP contribution >= 0.6 is 0 Å². The van der Waals surface area contributed by atoms with Crippen molar-refractivity contribution >= 4 is 5.82 Å². The summed E-state index contributed by atoms with van der Waals surface area (Å²) in [5.41, 5.74) is 3.10. The highest BCUT2D eigenvalue weighted by atomic mass is 19.1. The lowest BCUT2D eigenvalue weighted by Crippen LogP contribution is -2.02. The Morgan fingerprint density at radius 1 is 1.25 bits per heavy atom. The van der Waals surface area contributed by atoms with Crippen molar-refractivity contribution in [2.75, 3.05) is 5.32 Å². The maximum atomic E-state index is 13.0. The van der Waals surface area contributed by atoms with Gasteiger partial charge in [0.15, 0.2) is 0 Å². The molecular formula is C16H20FN3. The van der Waals surface area contributed by atoms with Gasteiger partial charge in [-0.2, -0.15) is 5.10 Å². The second-order valence-corrected chi connectivity index (χ2v) is 4.71. The number of aryl methyl sites for hydroxylation is 1. The van der Waals surface area contributed by atoms with E-state index in [0.717, 1.165) is 30.0 Å². The fourth-order valence-corrected chi connectivity index (χ4v) is 2.01. The number of hydrogen-bond donors (Lipinski definition) is 1. The molecule has 1 heterocycles. The van der Waals surface area contributed by atoms with E-state index in [1.165, 1.54) is 17.7 Å². The number of anilines is 1. The maximum absolute atomic E-state index is 13.0. The molecule has 1 aromatic heterocycles. The number of allylic oxidation sites excluding steroid dienone is 1. The van der Waals surface area contributed by atoms with Crippen molar-refractivity contribution in [3.63, 3.8) is 0 Å². The van der Waals surface area contributed by atoms with Crippen LogP contribution in [0.1, 0.15) is 32.4 Å². The minimum Gasteiger partial charge on any atom is -0.347 e. The van der Waals surface area contributed by atoms with Gasteiger partial charge in [0.05, 0.1) is 11.4 Å². The molecule has 20 heavy (non-hydrogen) atoms.